The summed E-state index contributed by atoms with van der Waals surface area (Å²) in [4.78, 5) is 0. The molecule has 0 unspecified atom stereocenters. The van der Waals surface area contributed by atoms with Gasteiger partial charge in [0, 0.05) is 11.9 Å². The third kappa shape index (κ3) is 2.58. The maximum atomic E-state index is 9.01. The van der Waals surface area contributed by atoms with Crippen LogP contribution in [0, 0.1) is 17.2 Å². The SMILES string of the molecule is N#Cc1ccccc1C[C@@H]1COCC[C@@H]1S. The second-order valence-electron chi connectivity index (χ2n) is 4.16. The van der Waals surface area contributed by atoms with Gasteiger partial charge in [-0.2, -0.15) is 17.9 Å². The molecule has 0 N–H and O–H groups in total. The number of hydrogen-bond acceptors (Lipinski definition) is 3. The van der Waals surface area contributed by atoms with Crippen LogP contribution >= 0.6 is 12.6 Å². The highest BCUT2D eigenvalue weighted by Crippen LogP contribution is 2.24. The van der Waals surface area contributed by atoms with Crippen LogP contribution in [0.25, 0.3) is 0 Å². The monoisotopic (exact) mass is 233 g/mol. The number of nitriles is 1. The van der Waals surface area contributed by atoms with Crippen molar-refractivity contribution in [1.29, 1.82) is 5.26 Å². The summed E-state index contributed by atoms with van der Waals surface area (Å²) in [5, 5.41) is 9.40. The first-order valence-corrected chi connectivity index (χ1v) is 6.06. The minimum Gasteiger partial charge on any atom is -0.381 e. The van der Waals surface area contributed by atoms with Gasteiger partial charge >= 0.3 is 0 Å². The minimum absolute atomic E-state index is 0.389. The molecule has 0 saturated carbocycles. The molecule has 2 nitrogen and oxygen atoms in total. The quantitative estimate of drug-likeness (QED) is 0.796. The van der Waals surface area contributed by atoms with Gasteiger partial charge < -0.3 is 4.74 Å². The standard InChI is InChI=1S/C13H15NOS/c14-8-11-4-2-1-3-10(11)7-12-9-15-6-5-13(12)16/h1-4,12-13,16H,5-7,9H2/t12-,13+/m1/s1. The number of ether oxygens (including phenoxy) is 1. The molecule has 0 spiro atoms. The first-order chi connectivity index (χ1) is 7.81. The van der Waals surface area contributed by atoms with Crippen LogP contribution in [0.4, 0.5) is 0 Å². The molecule has 1 aromatic rings. The van der Waals surface area contributed by atoms with Crippen molar-refractivity contribution in [3.63, 3.8) is 0 Å². The van der Waals surface area contributed by atoms with Gasteiger partial charge in [0.2, 0.25) is 0 Å². The van der Waals surface area contributed by atoms with Crippen LogP contribution in [-0.4, -0.2) is 18.5 Å². The van der Waals surface area contributed by atoms with Gasteiger partial charge in [-0.3, -0.25) is 0 Å². The Morgan fingerprint density at radius 3 is 3.00 bits per heavy atom. The van der Waals surface area contributed by atoms with Gasteiger partial charge in [-0.05, 0) is 30.4 Å². The van der Waals surface area contributed by atoms with E-state index in [-0.39, 0.29) is 0 Å². The van der Waals surface area contributed by atoms with Crippen molar-refractivity contribution >= 4 is 12.6 Å². The van der Waals surface area contributed by atoms with E-state index >= 15 is 0 Å². The average Bonchev–Trinajstić information content (AvgIpc) is 2.33. The van der Waals surface area contributed by atoms with Gasteiger partial charge in [-0.15, -0.1) is 0 Å². The van der Waals surface area contributed by atoms with E-state index in [1.165, 1.54) is 0 Å². The van der Waals surface area contributed by atoms with Gasteiger partial charge in [0.15, 0.2) is 0 Å². The summed E-state index contributed by atoms with van der Waals surface area (Å²) < 4.78 is 5.47. The highest BCUT2D eigenvalue weighted by atomic mass is 32.1. The van der Waals surface area contributed by atoms with Gasteiger partial charge in [-0.25, -0.2) is 0 Å². The molecule has 2 atom stereocenters. The largest absolute Gasteiger partial charge is 0.381 e. The van der Waals surface area contributed by atoms with Crippen molar-refractivity contribution in [3.05, 3.63) is 35.4 Å². The zero-order valence-electron chi connectivity index (χ0n) is 9.10. The van der Waals surface area contributed by atoms with Crippen molar-refractivity contribution < 1.29 is 4.74 Å². The molecule has 16 heavy (non-hydrogen) atoms. The molecule has 3 heteroatoms. The molecule has 0 bridgehead atoms. The molecular weight excluding hydrogens is 218 g/mol. The summed E-state index contributed by atoms with van der Waals surface area (Å²) in [7, 11) is 0. The highest BCUT2D eigenvalue weighted by Gasteiger charge is 2.23. The molecule has 0 amide bonds. The normalized spacial score (nSPS) is 25.0. The topological polar surface area (TPSA) is 33.0 Å². The maximum absolute atomic E-state index is 9.01. The Balaban J connectivity index is 2.11. The van der Waals surface area contributed by atoms with Crippen molar-refractivity contribution in [2.45, 2.75) is 18.1 Å². The fraction of sp³-hybridized carbons (Fsp3) is 0.462. The molecule has 0 radical (unpaired) electrons. The van der Waals surface area contributed by atoms with Crippen LogP contribution in [0.2, 0.25) is 0 Å². The van der Waals surface area contributed by atoms with Crippen molar-refractivity contribution in [1.82, 2.24) is 0 Å². The Labute approximate surface area is 102 Å². The lowest BCUT2D eigenvalue weighted by atomic mass is 9.91. The van der Waals surface area contributed by atoms with Crippen LogP contribution in [0.5, 0.6) is 0 Å². The Morgan fingerprint density at radius 2 is 2.25 bits per heavy atom. The summed E-state index contributed by atoms with van der Waals surface area (Å²) >= 11 is 4.59. The lowest BCUT2D eigenvalue weighted by Gasteiger charge is -2.28. The van der Waals surface area contributed by atoms with Gasteiger partial charge in [0.25, 0.3) is 0 Å². The van der Waals surface area contributed by atoms with E-state index in [1.807, 2.05) is 24.3 Å². The van der Waals surface area contributed by atoms with E-state index in [1.54, 1.807) is 0 Å². The Morgan fingerprint density at radius 1 is 1.44 bits per heavy atom. The van der Waals surface area contributed by atoms with Crippen LogP contribution in [0.1, 0.15) is 17.5 Å². The van der Waals surface area contributed by atoms with Gasteiger partial charge in [0.1, 0.15) is 0 Å². The van der Waals surface area contributed by atoms with Crippen molar-refractivity contribution in [2.75, 3.05) is 13.2 Å². The average molecular weight is 233 g/mol. The first-order valence-electron chi connectivity index (χ1n) is 5.55. The van der Waals surface area contributed by atoms with Crippen LogP contribution in [0.15, 0.2) is 24.3 Å². The molecule has 1 aliphatic rings. The van der Waals surface area contributed by atoms with E-state index in [0.717, 1.165) is 37.2 Å². The lowest BCUT2D eigenvalue weighted by molar-refractivity contribution is 0.0596. The summed E-state index contributed by atoms with van der Waals surface area (Å²) in [6, 6.07) is 10.0. The first kappa shape index (κ1) is 11.5. The van der Waals surface area contributed by atoms with E-state index in [2.05, 4.69) is 18.7 Å². The van der Waals surface area contributed by atoms with E-state index in [0.29, 0.717) is 11.2 Å². The highest BCUT2D eigenvalue weighted by molar-refractivity contribution is 7.81. The fourth-order valence-electron chi connectivity index (χ4n) is 2.07. The predicted molar refractivity (Wildman–Crippen MR) is 66.6 cm³/mol. The van der Waals surface area contributed by atoms with E-state index in [9.17, 15) is 0 Å². The zero-order chi connectivity index (χ0) is 11.4. The van der Waals surface area contributed by atoms with Crippen LogP contribution in [0.3, 0.4) is 0 Å². The number of benzene rings is 1. The Hall–Kier alpha value is -0.980. The molecule has 1 fully saturated rings. The molecule has 0 aromatic heterocycles. The molecule has 2 rings (SSSR count). The summed E-state index contributed by atoms with van der Waals surface area (Å²) in [6.45, 7) is 1.57. The van der Waals surface area contributed by atoms with Crippen molar-refractivity contribution in [2.24, 2.45) is 5.92 Å². The number of thiol groups is 1. The third-order valence-corrected chi connectivity index (χ3v) is 3.73. The third-order valence-electron chi connectivity index (χ3n) is 3.05. The van der Waals surface area contributed by atoms with Gasteiger partial charge in [0.05, 0.1) is 18.2 Å². The Kier molecular flexibility index (Phi) is 3.87. The van der Waals surface area contributed by atoms with Crippen molar-refractivity contribution in [3.8, 4) is 6.07 Å². The molecule has 1 aliphatic heterocycles. The number of hydrogen-bond donors (Lipinski definition) is 1. The van der Waals surface area contributed by atoms with E-state index < -0.39 is 0 Å². The smallest absolute Gasteiger partial charge is 0.0994 e. The van der Waals surface area contributed by atoms with Crippen LogP contribution in [-0.2, 0) is 11.2 Å². The lowest BCUT2D eigenvalue weighted by Crippen LogP contribution is -2.29. The summed E-state index contributed by atoms with van der Waals surface area (Å²) in [5.74, 6) is 0.423. The van der Waals surface area contributed by atoms with Crippen LogP contribution < -0.4 is 0 Å². The number of nitrogens with zero attached hydrogens (tertiary/aromatic N) is 1. The predicted octanol–water partition coefficient (Wildman–Crippen LogP) is 2.44. The second-order valence-corrected chi connectivity index (χ2v) is 4.83. The maximum Gasteiger partial charge on any atom is 0.0994 e. The van der Waals surface area contributed by atoms with E-state index in [4.69, 9.17) is 10.00 Å². The van der Waals surface area contributed by atoms with Gasteiger partial charge in [-0.1, -0.05) is 18.2 Å². The number of rotatable bonds is 2. The Bertz CT molecular complexity index is 399. The molecule has 1 aromatic carbocycles. The molecule has 84 valence electrons. The fourth-order valence-corrected chi connectivity index (χ4v) is 2.37. The summed E-state index contributed by atoms with van der Waals surface area (Å²) in [6.07, 6.45) is 1.89. The molecule has 1 heterocycles. The molecule has 1 saturated heterocycles. The summed E-state index contributed by atoms with van der Waals surface area (Å²) in [5.41, 5.74) is 1.88. The zero-order valence-corrected chi connectivity index (χ0v) is 9.99. The minimum atomic E-state index is 0.389. The second kappa shape index (κ2) is 5.38. The molecule has 0 aliphatic carbocycles. The molecular formula is C13H15NOS.